The van der Waals surface area contributed by atoms with Gasteiger partial charge in [0.15, 0.2) is 6.04 Å². The summed E-state index contributed by atoms with van der Waals surface area (Å²) in [5, 5.41) is 6.99. The van der Waals surface area contributed by atoms with Crippen LogP contribution in [0.4, 0.5) is 0 Å². The van der Waals surface area contributed by atoms with Crippen LogP contribution in [-0.2, 0) is 19.1 Å². The van der Waals surface area contributed by atoms with Crippen LogP contribution in [0.15, 0.2) is 10.2 Å². The first-order valence-corrected chi connectivity index (χ1v) is 5.52. The SMILES string of the molecule is CCOC(=O)C(CCCCN)N(N=C=O)N=C=O. The Hall–Kier alpha value is -2.01. The van der Waals surface area contributed by atoms with Crippen LogP contribution in [0.2, 0.25) is 0 Å². The number of nitrogens with zero attached hydrogens (tertiary/aromatic N) is 3. The van der Waals surface area contributed by atoms with Crippen LogP contribution < -0.4 is 5.73 Å². The van der Waals surface area contributed by atoms with Crippen molar-refractivity contribution in [2.75, 3.05) is 13.2 Å². The van der Waals surface area contributed by atoms with Crippen molar-refractivity contribution in [3.05, 3.63) is 0 Å². The van der Waals surface area contributed by atoms with Crippen LogP contribution in [0, 0.1) is 0 Å². The molecule has 0 aromatic carbocycles. The first-order valence-electron chi connectivity index (χ1n) is 5.52. The molecule has 0 radical (unpaired) electrons. The number of hydrogen-bond donors (Lipinski definition) is 1. The Bertz CT molecular complexity index is 330. The maximum absolute atomic E-state index is 11.7. The number of hydrazone groups is 2. The highest BCUT2D eigenvalue weighted by atomic mass is 16.5. The molecule has 18 heavy (non-hydrogen) atoms. The zero-order chi connectivity index (χ0) is 13.8. The minimum atomic E-state index is -0.945. The lowest BCUT2D eigenvalue weighted by atomic mass is 10.1. The van der Waals surface area contributed by atoms with Crippen molar-refractivity contribution in [2.24, 2.45) is 15.9 Å². The Morgan fingerprint density at radius 1 is 1.33 bits per heavy atom. The fraction of sp³-hybridized carbons (Fsp3) is 0.700. The van der Waals surface area contributed by atoms with Crippen LogP contribution in [0.25, 0.3) is 0 Å². The number of hydrogen-bond acceptors (Lipinski definition) is 8. The van der Waals surface area contributed by atoms with Crippen molar-refractivity contribution >= 4 is 18.1 Å². The summed E-state index contributed by atoms with van der Waals surface area (Å²) in [7, 11) is 0. The van der Waals surface area contributed by atoms with Crippen molar-refractivity contribution in [2.45, 2.75) is 32.2 Å². The highest BCUT2D eigenvalue weighted by Gasteiger charge is 2.26. The van der Waals surface area contributed by atoms with Gasteiger partial charge in [0, 0.05) is 0 Å². The van der Waals surface area contributed by atoms with Gasteiger partial charge in [-0.1, -0.05) is 10.2 Å². The summed E-state index contributed by atoms with van der Waals surface area (Å²) in [6.07, 6.45) is 4.05. The van der Waals surface area contributed by atoms with Gasteiger partial charge in [0.25, 0.3) is 12.2 Å². The van der Waals surface area contributed by atoms with E-state index in [1.165, 1.54) is 12.2 Å². The number of unbranched alkanes of at least 4 members (excludes halogenated alkanes) is 1. The molecule has 0 fully saturated rings. The number of isocyanates is 2. The smallest absolute Gasteiger partial charge is 0.332 e. The molecule has 0 aromatic heterocycles. The van der Waals surface area contributed by atoms with Crippen LogP contribution in [-0.4, -0.2) is 42.4 Å². The summed E-state index contributed by atoms with van der Waals surface area (Å²) in [4.78, 5) is 32.1. The van der Waals surface area contributed by atoms with E-state index in [2.05, 4.69) is 10.2 Å². The topological polar surface area (TPSA) is 114 Å². The molecule has 8 nitrogen and oxygen atoms in total. The number of carbonyl (C=O) groups is 1. The molecule has 0 aromatic rings. The number of carbonyl (C=O) groups excluding carboxylic acids is 3. The lowest BCUT2D eigenvalue weighted by molar-refractivity contribution is -0.150. The van der Waals surface area contributed by atoms with Crippen LogP contribution >= 0.6 is 0 Å². The Kier molecular flexibility index (Phi) is 9.03. The highest BCUT2D eigenvalue weighted by Crippen LogP contribution is 2.11. The van der Waals surface area contributed by atoms with Gasteiger partial charge in [0.05, 0.1) is 6.61 Å². The number of esters is 1. The van der Waals surface area contributed by atoms with Gasteiger partial charge in [-0.15, -0.1) is 5.12 Å². The summed E-state index contributed by atoms with van der Waals surface area (Å²) < 4.78 is 4.82. The van der Waals surface area contributed by atoms with E-state index >= 15 is 0 Å². The van der Waals surface area contributed by atoms with E-state index in [0.717, 1.165) is 0 Å². The normalized spacial score (nSPS) is 10.8. The van der Waals surface area contributed by atoms with Gasteiger partial charge in [0.1, 0.15) is 0 Å². The van der Waals surface area contributed by atoms with Gasteiger partial charge < -0.3 is 10.5 Å². The quantitative estimate of drug-likeness (QED) is 0.202. The standard InChI is InChI=1S/C10H16N4O4/c1-2-18-10(17)9(5-3-4-6-11)14(12-7-15)13-8-16/h9H,2-6,11H2,1H3. The average Bonchev–Trinajstić information content (AvgIpc) is 2.35. The predicted octanol–water partition coefficient (Wildman–Crippen LogP) is -0.149. The van der Waals surface area contributed by atoms with Gasteiger partial charge in [-0.3, -0.25) is 0 Å². The molecule has 0 aliphatic rings. The molecule has 100 valence electrons. The molecular weight excluding hydrogens is 240 g/mol. The van der Waals surface area contributed by atoms with Crippen LogP contribution in [0.5, 0.6) is 0 Å². The third kappa shape index (κ3) is 5.91. The summed E-state index contributed by atoms with van der Waals surface area (Å²) >= 11 is 0. The molecule has 0 rings (SSSR count). The molecule has 2 N–H and O–H groups in total. The first kappa shape index (κ1) is 16.0. The molecule has 0 aliphatic heterocycles. The van der Waals surface area contributed by atoms with E-state index in [4.69, 9.17) is 10.5 Å². The third-order valence-corrected chi connectivity index (χ3v) is 2.06. The minimum absolute atomic E-state index is 0.176. The van der Waals surface area contributed by atoms with Gasteiger partial charge in [-0.2, -0.15) is 0 Å². The summed E-state index contributed by atoms with van der Waals surface area (Å²) in [5.41, 5.74) is 5.34. The molecule has 0 amide bonds. The summed E-state index contributed by atoms with van der Waals surface area (Å²) in [6, 6.07) is -0.945. The van der Waals surface area contributed by atoms with Crippen molar-refractivity contribution in [1.29, 1.82) is 0 Å². The molecule has 0 spiro atoms. The molecule has 1 unspecified atom stereocenters. The van der Waals surface area contributed by atoms with Gasteiger partial charge in [-0.05, 0) is 32.7 Å². The predicted molar refractivity (Wildman–Crippen MR) is 61.4 cm³/mol. The molecule has 0 bridgehead atoms. The molecule has 0 aliphatic carbocycles. The monoisotopic (exact) mass is 256 g/mol. The van der Waals surface area contributed by atoms with Gasteiger partial charge >= 0.3 is 5.97 Å². The maximum atomic E-state index is 11.7. The summed E-state index contributed by atoms with van der Waals surface area (Å²) in [6.45, 7) is 2.30. The molecule has 0 heterocycles. The fourth-order valence-corrected chi connectivity index (χ4v) is 1.29. The second-order valence-electron chi connectivity index (χ2n) is 3.26. The molecular formula is C10H16N4O4. The Morgan fingerprint density at radius 3 is 2.39 bits per heavy atom. The molecule has 1 atom stereocenters. The van der Waals surface area contributed by atoms with E-state index in [1.54, 1.807) is 6.92 Å². The number of ether oxygens (including phenoxy) is 1. The van der Waals surface area contributed by atoms with E-state index in [1.807, 2.05) is 0 Å². The van der Waals surface area contributed by atoms with E-state index in [-0.39, 0.29) is 6.61 Å². The lowest BCUT2D eigenvalue weighted by Gasteiger charge is -2.19. The minimum Gasteiger partial charge on any atom is -0.464 e. The zero-order valence-corrected chi connectivity index (χ0v) is 10.2. The van der Waals surface area contributed by atoms with Gasteiger partial charge in [0.2, 0.25) is 0 Å². The van der Waals surface area contributed by atoms with Gasteiger partial charge in [-0.25, -0.2) is 14.4 Å². The highest BCUT2D eigenvalue weighted by molar-refractivity contribution is 5.75. The number of nitrogens with two attached hydrogens (primary N) is 1. The molecule has 8 heteroatoms. The Balaban J connectivity index is 4.83. The Morgan fingerprint density at radius 2 is 1.94 bits per heavy atom. The van der Waals surface area contributed by atoms with Crippen molar-refractivity contribution in [1.82, 2.24) is 5.12 Å². The third-order valence-electron chi connectivity index (χ3n) is 2.06. The largest absolute Gasteiger partial charge is 0.464 e. The average molecular weight is 256 g/mol. The van der Waals surface area contributed by atoms with Crippen molar-refractivity contribution in [3.63, 3.8) is 0 Å². The van der Waals surface area contributed by atoms with Crippen molar-refractivity contribution < 1.29 is 19.1 Å². The lowest BCUT2D eigenvalue weighted by Crippen LogP contribution is -2.36. The van der Waals surface area contributed by atoms with E-state index in [0.29, 0.717) is 30.9 Å². The Labute approximate surface area is 104 Å². The fourth-order valence-electron chi connectivity index (χ4n) is 1.29. The van der Waals surface area contributed by atoms with E-state index in [9.17, 15) is 14.4 Å². The number of rotatable bonds is 9. The molecule has 0 saturated carbocycles. The van der Waals surface area contributed by atoms with Crippen LogP contribution in [0.1, 0.15) is 26.2 Å². The van der Waals surface area contributed by atoms with Crippen LogP contribution in [0.3, 0.4) is 0 Å². The first-order chi connectivity index (χ1) is 8.71. The summed E-state index contributed by atoms with van der Waals surface area (Å²) in [5.74, 6) is -0.618. The maximum Gasteiger partial charge on any atom is 0.332 e. The second-order valence-corrected chi connectivity index (χ2v) is 3.26. The molecule has 0 saturated heterocycles. The van der Waals surface area contributed by atoms with E-state index < -0.39 is 12.0 Å². The second kappa shape index (κ2) is 10.2. The zero-order valence-electron chi connectivity index (χ0n) is 10.2. The van der Waals surface area contributed by atoms with Crippen molar-refractivity contribution in [3.8, 4) is 0 Å².